The van der Waals surface area contributed by atoms with Gasteiger partial charge in [0.15, 0.2) is 0 Å². The monoisotopic (exact) mass is 414 g/mol. The first-order chi connectivity index (χ1) is 11.8. The predicted octanol–water partition coefficient (Wildman–Crippen LogP) is 3.51. The molecule has 0 aliphatic carbocycles. The number of hydrogen-bond acceptors (Lipinski definition) is 2. The Morgan fingerprint density at radius 2 is 1.52 bits per heavy atom. The second-order valence-corrected chi connectivity index (χ2v) is 6.08. The molecule has 0 radical (unpaired) electrons. The van der Waals surface area contributed by atoms with Crippen LogP contribution in [0.25, 0.3) is 0 Å². The second kappa shape index (κ2) is 8.15. The Morgan fingerprint density at radius 1 is 0.920 bits per heavy atom. The van der Waals surface area contributed by atoms with Gasteiger partial charge in [0.1, 0.15) is 0 Å². The van der Waals surface area contributed by atoms with Crippen LogP contribution in [0.15, 0.2) is 53.0 Å². The Bertz CT molecular complexity index is 744. The molecule has 2 rings (SSSR count). The lowest BCUT2D eigenvalue weighted by Crippen LogP contribution is -2.36. The first-order valence-electron chi connectivity index (χ1n) is 7.22. The highest BCUT2D eigenvalue weighted by Gasteiger charge is 2.29. The van der Waals surface area contributed by atoms with Gasteiger partial charge < -0.3 is 10.6 Å². The second-order valence-electron chi connectivity index (χ2n) is 5.16. The molecule has 0 fully saturated rings. The van der Waals surface area contributed by atoms with Gasteiger partial charge in [0.05, 0.1) is 12.1 Å². The maximum Gasteiger partial charge on any atom is 0.416 e. The fraction of sp³-hybridized carbons (Fsp3) is 0.176. The van der Waals surface area contributed by atoms with Gasteiger partial charge in [-0.25, -0.2) is 0 Å². The molecule has 8 heteroatoms. The lowest BCUT2D eigenvalue weighted by Gasteiger charge is -2.09. The zero-order valence-electron chi connectivity index (χ0n) is 12.9. The van der Waals surface area contributed by atoms with Gasteiger partial charge in [0.25, 0.3) is 5.91 Å². The molecule has 0 saturated carbocycles. The van der Waals surface area contributed by atoms with Gasteiger partial charge in [0, 0.05) is 16.6 Å². The number of amides is 2. The van der Waals surface area contributed by atoms with E-state index in [2.05, 4.69) is 26.6 Å². The van der Waals surface area contributed by atoms with Crippen molar-refractivity contribution in [1.29, 1.82) is 0 Å². The first-order valence-corrected chi connectivity index (χ1v) is 8.01. The van der Waals surface area contributed by atoms with Gasteiger partial charge in [0.2, 0.25) is 5.91 Å². The standard InChI is InChI=1S/C17H14BrF3N2O2/c18-14-7-3-12(4-8-14)16(25)23-10-15(24)22-9-11-1-5-13(6-2-11)17(19,20)21/h1-8H,9-10H2,(H,22,24)(H,23,25). The van der Waals surface area contributed by atoms with E-state index in [-0.39, 0.29) is 13.1 Å². The van der Waals surface area contributed by atoms with E-state index in [9.17, 15) is 22.8 Å². The van der Waals surface area contributed by atoms with Gasteiger partial charge in [-0.15, -0.1) is 0 Å². The van der Waals surface area contributed by atoms with E-state index in [4.69, 9.17) is 0 Å². The molecule has 0 aromatic heterocycles. The fourth-order valence-electron chi connectivity index (χ4n) is 1.94. The van der Waals surface area contributed by atoms with E-state index in [0.717, 1.165) is 16.6 Å². The van der Waals surface area contributed by atoms with E-state index in [1.54, 1.807) is 24.3 Å². The maximum absolute atomic E-state index is 12.5. The van der Waals surface area contributed by atoms with Crippen molar-refractivity contribution in [2.24, 2.45) is 0 Å². The molecule has 2 N–H and O–H groups in total. The van der Waals surface area contributed by atoms with Crippen LogP contribution in [0.2, 0.25) is 0 Å². The molecule has 132 valence electrons. The maximum atomic E-state index is 12.5. The number of carbonyl (C=O) groups is 2. The van der Waals surface area contributed by atoms with Gasteiger partial charge in [-0.3, -0.25) is 9.59 Å². The van der Waals surface area contributed by atoms with E-state index in [1.165, 1.54) is 12.1 Å². The highest BCUT2D eigenvalue weighted by Crippen LogP contribution is 2.29. The molecule has 0 spiro atoms. The summed E-state index contributed by atoms with van der Waals surface area (Å²) < 4.78 is 38.2. The molecule has 2 aromatic rings. The summed E-state index contributed by atoms with van der Waals surface area (Å²) in [5.41, 5.74) is 0.198. The molecule has 4 nitrogen and oxygen atoms in total. The van der Waals surface area contributed by atoms with Crippen molar-refractivity contribution in [3.05, 3.63) is 69.7 Å². The number of hydrogen-bond donors (Lipinski definition) is 2. The molecule has 0 unspecified atom stereocenters. The number of rotatable bonds is 5. The van der Waals surface area contributed by atoms with Crippen LogP contribution in [-0.2, 0) is 17.5 Å². The zero-order chi connectivity index (χ0) is 18.4. The van der Waals surface area contributed by atoms with Crippen LogP contribution in [0.5, 0.6) is 0 Å². The molecule has 2 aromatic carbocycles. The predicted molar refractivity (Wildman–Crippen MR) is 89.8 cm³/mol. The largest absolute Gasteiger partial charge is 0.416 e. The Labute approximate surface area is 150 Å². The summed E-state index contributed by atoms with van der Waals surface area (Å²) in [4.78, 5) is 23.6. The SMILES string of the molecule is O=C(CNC(=O)c1ccc(Br)cc1)NCc1ccc(C(F)(F)F)cc1. The van der Waals surface area contributed by atoms with E-state index in [0.29, 0.717) is 11.1 Å². The van der Waals surface area contributed by atoms with E-state index < -0.39 is 23.6 Å². The van der Waals surface area contributed by atoms with Gasteiger partial charge in [-0.2, -0.15) is 13.2 Å². The topological polar surface area (TPSA) is 58.2 Å². The number of nitrogens with one attached hydrogen (secondary N) is 2. The van der Waals surface area contributed by atoms with Crippen molar-refractivity contribution >= 4 is 27.7 Å². The smallest absolute Gasteiger partial charge is 0.350 e. The Morgan fingerprint density at radius 3 is 2.08 bits per heavy atom. The van der Waals surface area contributed by atoms with Crippen LogP contribution in [0.4, 0.5) is 13.2 Å². The Balaban J connectivity index is 1.79. The minimum absolute atomic E-state index is 0.0745. The van der Waals surface area contributed by atoms with Crippen molar-refractivity contribution in [2.75, 3.05) is 6.54 Å². The normalized spacial score (nSPS) is 11.0. The first kappa shape index (κ1) is 19.0. The summed E-state index contributed by atoms with van der Waals surface area (Å²) in [5, 5.41) is 5.00. The molecule has 0 aliphatic rings. The quantitative estimate of drug-likeness (QED) is 0.786. The van der Waals surface area contributed by atoms with Gasteiger partial charge >= 0.3 is 6.18 Å². The van der Waals surface area contributed by atoms with Crippen molar-refractivity contribution in [3.63, 3.8) is 0 Å². The molecule has 25 heavy (non-hydrogen) atoms. The Hall–Kier alpha value is -2.35. The molecule has 0 saturated heterocycles. The highest BCUT2D eigenvalue weighted by molar-refractivity contribution is 9.10. The molecule has 0 atom stereocenters. The molecule has 0 heterocycles. The zero-order valence-corrected chi connectivity index (χ0v) is 14.4. The summed E-state index contributed by atoms with van der Waals surface area (Å²) in [6, 6.07) is 11.1. The minimum atomic E-state index is -4.39. The third kappa shape index (κ3) is 5.90. The lowest BCUT2D eigenvalue weighted by atomic mass is 10.1. The lowest BCUT2D eigenvalue weighted by molar-refractivity contribution is -0.137. The number of alkyl halides is 3. The van der Waals surface area contributed by atoms with Crippen LogP contribution in [-0.4, -0.2) is 18.4 Å². The van der Waals surface area contributed by atoms with Crippen LogP contribution >= 0.6 is 15.9 Å². The van der Waals surface area contributed by atoms with E-state index in [1.807, 2.05) is 0 Å². The van der Waals surface area contributed by atoms with Gasteiger partial charge in [-0.05, 0) is 42.0 Å². The molecular formula is C17H14BrF3N2O2. The van der Waals surface area contributed by atoms with Crippen LogP contribution < -0.4 is 10.6 Å². The summed E-state index contributed by atoms with van der Waals surface area (Å²) in [7, 11) is 0. The van der Waals surface area contributed by atoms with E-state index >= 15 is 0 Å². The van der Waals surface area contributed by atoms with Crippen LogP contribution in [0.1, 0.15) is 21.5 Å². The fourth-order valence-corrected chi connectivity index (χ4v) is 2.20. The minimum Gasteiger partial charge on any atom is -0.350 e. The van der Waals surface area contributed by atoms with Crippen molar-refractivity contribution in [1.82, 2.24) is 10.6 Å². The van der Waals surface area contributed by atoms with Crippen LogP contribution in [0, 0.1) is 0 Å². The van der Waals surface area contributed by atoms with Crippen molar-refractivity contribution < 1.29 is 22.8 Å². The molecule has 2 amide bonds. The highest BCUT2D eigenvalue weighted by atomic mass is 79.9. The Kier molecular flexibility index (Phi) is 6.19. The third-order valence-corrected chi connectivity index (χ3v) is 3.82. The molecule has 0 aliphatic heterocycles. The number of benzene rings is 2. The average molecular weight is 415 g/mol. The third-order valence-electron chi connectivity index (χ3n) is 3.29. The summed E-state index contributed by atoms with van der Waals surface area (Å²) >= 11 is 3.26. The summed E-state index contributed by atoms with van der Waals surface area (Å²) in [6.07, 6.45) is -4.39. The van der Waals surface area contributed by atoms with Crippen LogP contribution in [0.3, 0.4) is 0 Å². The average Bonchev–Trinajstić information content (AvgIpc) is 2.58. The number of halogens is 4. The molecule has 0 bridgehead atoms. The summed E-state index contributed by atoms with van der Waals surface area (Å²) in [5.74, 6) is -0.831. The van der Waals surface area contributed by atoms with Crippen molar-refractivity contribution in [2.45, 2.75) is 12.7 Å². The summed E-state index contributed by atoms with van der Waals surface area (Å²) in [6.45, 7) is -0.152. The van der Waals surface area contributed by atoms with Crippen molar-refractivity contribution in [3.8, 4) is 0 Å². The number of carbonyl (C=O) groups excluding carboxylic acids is 2. The molecular weight excluding hydrogens is 401 g/mol. The van der Waals surface area contributed by atoms with Gasteiger partial charge in [-0.1, -0.05) is 28.1 Å².